The number of allylic oxidation sites excluding steroid dienone is 32. The van der Waals surface area contributed by atoms with Crippen LogP contribution in [0.4, 0.5) is 0 Å². The van der Waals surface area contributed by atoms with Gasteiger partial charge in [-0.2, -0.15) is 0 Å². The second-order valence-corrected chi connectivity index (χ2v) is 29.1. The first kappa shape index (κ1) is 102. The molecule has 0 heterocycles. The predicted molar refractivity (Wildman–Crippen MR) is 445 cm³/mol. The molecule has 0 amide bonds. The predicted octanol–water partition coefficient (Wildman–Crippen LogP) is 24.1. The summed E-state index contributed by atoms with van der Waals surface area (Å²) in [6.45, 7) is 4.33. The Hall–Kier alpha value is -6.10. The quantitative estimate of drug-likeness (QED) is 0.0169. The van der Waals surface area contributed by atoms with Crippen LogP contribution in [-0.2, 0) is 65.4 Å². The zero-order chi connectivity index (χ0) is 78.9. The van der Waals surface area contributed by atoms with Crippen LogP contribution in [0.2, 0.25) is 0 Å². The van der Waals surface area contributed by atoms with Gasteiger partial charge < -0.3 is 33.8 Å². The summed E-state index contributed by atoms with van der Waals surface area (Å²) in [5.74, 6) is -2.36. The van der Waals surface area contributed by atoms with Gasteiger partial charge in [0.15, 0.2) is 12.2 Å². The highest BCUT2D eigenvalue weighted by Crippen LogP contribution is 2.45. The van der Waals surface area contributed by atoms with E-state index in [1.54, 1.807) is 0 Å². The number of phosphoric acid groups is 2. The van der Waals surface area contributed by atoms with Crippen molar-refractivity contribution in [2.75, 3.05) is 39.6 Å². The highest BCUT2D eigenvalue weighted by molar-refractivity contribution is 7.47. The molecule has 108 heavy (non-hydrogen) atoms. The van der Waals surface area contributed by atoms with Crippen molar-refractivity contribution in [2.24, 2.45) is 0 Å². The first-order chi connectivity index (χ1) is 52.7. The summed E-state index contributed by atoms with van der Waals surface area (Å²) in [6, 6.07) is 0. The molecule has 0 saturated heterocycles. The number of carbonyl (C=O) groups excluding carboxylic acids is 4. The molecule has 0 fully saturated rings. The molecule has 0 rings (SSSR count). The second kappa shape index (κ2) is 79.0. The SMILES string of the molecule is CC/C=C\C/C=C\C/C=C\C/C=C\C/C=C\C/C=C\CCC(=O)OCC(COP(=O)(O)OCC(O)COP(=O)(O)OCC(COC(=O)CCCCCCC/C=C\C/C=C\C/C=C\CC)OC(=O)CCCCCCC/C=C\C/C=C\CCCCC)OC(=O)CCCCC/C=C\C/C=C\C/C=C\C/C=C\C/C=C\CC. The third kappa shape index (κ3) is 78.0. The lowest BCUT2D eigenvalue weighted by Gasteiger charge is -2.21. The van der Waals surface area contributed by atoms with Crippen LogP contribution >= 0.6 is 15.6 Å². The van der Waals surface area contributed by atoms with Gasteiger partial charge in [-0.05, 0) is 173 Å². The Morgan fingerprint density at radius 2 is 0.500 bits per heavy atom. The van der Waals surface area contributed by atoms with Crippen LogP contribution in [-0.4, -0.2) is 96.7 Å². The molecule has 17 nitrogen and oxygen atoms in total. The molecule has 0 aromatic rings. The normalized spacial score (nSPS) is 14.8. The molecule has 0 saturated carbocycles. The van der Waals surface area contributed by atoms with E-state index in [-0.39, 0.29) is 25.7 Å². The Morgan fingerprint density at radius 3 is 0.806 bits per heavy atom. The van der Waals surface area contributed by atoms with Crippen molar-refractivity contribution < 1.29 is 80.2 Å². The molecule has 0 aliphatic rings. The van der Waals surface area contributed by atoms with Crippen molar-refractivity contribution in [3.8, 4) is 0 Å². The number of ether oxygens (including phenoxy) is 4. The van der Waals surface area contributed by atoms with Gasteiger partial charge in [0.05, 0.1) is 26.4 Å². The van der Waals surface area contributed by atoms with Gasteiger partial charge in [-0.15, -0.1) is 0 Å². The smallest absolute Gasteiger partial charge is 0.462 e. The standard InChI is InChI=1S/C89H142O17P2/c1-5-9-13-17-21-25-29-33-37-39-41-43-47-50-54-58-62-66-70-74-87(92)100-80-85(106-89(94)76-72-68-64-60-56-52-48-44-42-40-38-34-30-26-22-18-14-10-6-2)82-104-108(97,98)102-78-83(90)77-101-107(95,96)103-81-84(105-88(93)75-71-67-63-59-55-51-46-36-32-28-24-20-16-12-8-4)79-99-86(91)73-69-65-61-57-53-49-45-35-31-27-23-19-15-11-7-3/h9-11,13-15,21-28,33-38,41-46,50,52,54,56,62,66,83-85,90H,5-8,12,16-20,29-32,39-40,47-49,51,53,55,57-61,63-65,67-82H2,1-4H3,(H,95,96)(H,97,98)/b13-9-,14-10-,15-11-,25-21-,26-22-,27-23-,28-24-,37-33-,38-34-,43-41-,44-42-,45-35-,46-36-,54-50-,56-52-,66-62-. The van der Waals surface area contributed by atoms with E-state index in [0.717, 1.165) is 180 Å². The van der Waals surface area contributed by atoms with Gasteiger partial charge in [-0.3, -0.25) is 37.3 Å². The minimum absolute atomic E-state index is 0.0200. The van der Waals surface area contributed by atoms with Crippen molar-refractivity contribution in [1.82, 2.24) is 0 Å². The fourth-order valence-electron chi connectivity index (χ4n) is 9.96. The summed E-state index contributed by atoms with van der Waals surface area (Å²) in [6.07, 6.45) is 97.0. The first-order valence-corrected chi connectivity index (χ1v) is 43.7. The van der Waals surface area contributed by atoms with Gasteiger partial charge in [0.25, 0.3) is 0 Å². The highest BCUT2D eigenvalue weighted by Gasteiger charge is 2.30. The van der Waals surface area contributed by atoms with Gasteiger partial charge in [0.2, 0.25) is 0 Å². The lowest BCUT2D eigenvalue weighted by atomic mass is 10.1. The third-order valence-corrected chi connectivity index (χ3v) is 17.9. The third-order valence-electron chi connectivity index (χ3n) is 16.0. The molecule has 0 spiro atoms. The number of rotatable bonds is 74. The van der Waals surface area contributed by atoms with E-state index in [1.807, 2.05) is 18.2 Å². The van der Waals surface area contributed by atoms with E-state index < -0.39 is 97.5 Å². The lowest BCUT2D eigenvalue weighted by Crippen LogP contribution is -2.30. The van der Waals surface area contributed by atoms with E-state index in [9.17, 15) is 43.2 Å². The van der Waals surface area contributed by atoms with E-state index in [4.69, 9.17) is 37.0 Å². The Morgan fingerprint density at radius 1 is 0.269 bits per heavy atom. The highest BCUT2D eigenvalue weighted by atomic mass is 31.2. The maximum atomic E-state index is 13.1. The Labute approximate surface area is 653 Å². The second-order valence-electron chi connectivity index (χ2n) is 26.2. The summed E-state index contributed by atoms with van der Waals surface area (Å²) < 4.78 is 68.5. The number of hydrogen-bond donors (Lipinski definition) is 3. The Kier molecular flexibility index (Phi) is 74.5. The van der Waals surface area contributed by atoms with Crippen LogP contribution in [0.3, 0.4) is 0 Å². The fourth-order valence-corrected chi connectivity index (χ4v) is 11.5. The molecule has 0 bridgehead atoms. The monoisotopic (exact) mass is 1540 g/mol. The molecule has 0 radical (unpaired) electrons. The van der Waals surface area contributed by atoms with E-state index in [1.165, 1.54) is 19.3 Å². The number of carbonyl (C=O) groups is 4. The molecule has 0 aromatic carbocycles. The van der Waals surface area contributed by atoms with Crippen molar-refractivity contribution in [1.29, 1.82) is 0 Å². The molecule has 0 aliphatic heterocycles. The molecule has 610 valence electrons. The van der Waals surface area contributed by atoms with Gasteiger partial charge in [0.1, 0.15) is 19.3 Å². The molecule has 5 unspecified atom stereocenters. The number of aliphatic hydroxyl groups excluding tert-OH is 1. The molecule has 3 N–H and O–H groups in total. The summed E-state index contributed by atoms with van der Waals surface area (Å²) in [5, 5.41) is 10.7. The topological polar surface area (TPSA) is 237 Å². The van der Waals surface area contributed by atoms with Crippen LogP contribution in [0.15, 0.2) is 194 Å². The van der Waals surface area contributed by atoms with Crippen LogP contribution in [0.1, 0.15) is 285 Å². The first-order valence-electron chi connectivity index (χ1n) is 40.7. The summed E-state index contributed by atoms with van der Waals surface area (Å²) in [4.78, 5) is 73.1. The maximum Gasteiger partial charge on any atom is 0.472 e. The largest absolute Gasteiger partial charge is 0.472 e. The molecule has 19 heteroatoms. The minimum Gasteiger partial charge on any atom is -0.462 e. The number of unbranched alkanes of at least 4 members (excludes halogenated alkanes) is 16. The minimum atomic E-state index is -5.02. The zero-order valence-electron chi connectivity index (χ0n) is 66.7. The summed E-state index contributed by atoms with van der Waals surface area (Å²) in [7, 11) is -10.0. The van der Waals surface area contributed by atoms with Gasteiger partial charge in [-0.25, -0.2) is 9.13 Å². The van der Waals surface area contributed by atoms with Crippen LogP contribution in [0.25, 0.3) is 0 Å². The fraction of sp³-hybridized carbons (Fsp3) is 0.596. The molecule has 0 aliphatic carbocycles. The molecular weight excluding hydrogens is 1400 g/mol. The van der Waals surface area contributed by atoms with Gasteiger partial charge >= 0.3 is 39.5 Å². The van der Waals surface area contributed by atoms with E-state index in [0.29, 0.717) is 32.1 Å². The van der Waals surface area contributed by atoms with Crippen molar-refractivity contribution >= 4 is 39.5 Å². The van der Waals surface area contributed by atoms with E-state index in [2.05, 4.69) is 204 Å². The van der Waals surface area contributed by atoms with E-state index >= 15 is 0 Å². The zero-order valence-corrected chi connectivity index (χ0v) is 68.5. The van der Waals surface area contributed by atoms with Crippen molar-refractivity contribution in [3.05, 3.63) is 194 Å². The number of aliphatic hydroxyl groups is 1. The Balaban J connectivity index is 5.53. The van der Waals surface area contributed by atoms with Gasteiger partial charge in [-0.1, -0.05) is 280 Å². The molecule has 0 aromatic heterocycles. The van der Waals surface area contributed by atoms with Crippen LogP contribution in [0.5, 0.6) is 0 Å². The maximum absolute atomic E-state index is 13.1. The average Bonchev–Trinajstić information content (AvgIpc) is 0.896. The Bertz CT molecular complexity index is 2810. The average molecular weight is 1550 g/mol. The molecular formula is C89H142O17P2. The lowest BCUT2D eigenvalue weighted by molar-refractivity contribution is -0.161. The van der Waals surface area contributed by atoms with Crippen molar-refractivity contribution in [2.45, 2.75) is 303 Å². The number of hydrogen-bond acceptors (Lipinski definition) is 15. The summed E-state index contributed by atoms with van der Waals surface area (Å²) >= 11 is 0. The molecule has 5 atom stereocenters. The van der Waals surface area contributed by atoms with Crippen LogP contribution in [0, 0.1) is 0 Å². The van der Waals surface area contributed by atoms with Crippen molar-refractivity contribution in [3.63, 3.8) is 0 Å². The summed E-state index contributed by atoms with van der Waals surface area (Å²) in [5.41, 5.74) is 0. The number of phosphoric ester groups is 2. The van der Waals surface area contributed by atoms with Gasteiger partial charge in [0, 0.05) is 25.7 Å². The van der Waals surface area contributed by atoms with Crippen LogP contribution < -0.4 is 0 Å². The number of esters is 4.